The third-order valence-corrected chi connectivity index (χ3v) is 4.72. The minimum absolute atomic E-state index is 0.0344. The normalized spacial score (nSPS) is 33.2. The lowest BCUT2D eigenvalue weighted by Crippen LogP contribution is -2.43. The van der Waals surface area contributed by atoms with Gasteiger partial charge in [0.2, 0.25) is 0 Å². The molecule has 19 heavy (non-hydrogen) atoms. The fourth-order valence-electron chi connectivity index (χ4n) is 3.73. The minimum Gasteiger partial charge on any atom is -0.384 e. The van der Waals surface area contributed by atoms with E-state index < -0.39 is 6.10 Å². The fourth-order valence-corrected chi connectivity index (χ4v) is 3.73. The van der Waals surface area contributed by atoms with Crippen molar-refractivity contribution in [2.24, 2.45) is 5.41 Å². The lowest BCUT2D eigenvalue weighted by molar-refractivity contribution is -0.136. The van der Waals surface area contributed by atoms with Gasteiger partial charge in [-0.25, -0.2) is 0 Å². The fraction of sp³-hybridized carbons (Fsp3) is 0.471. The van der Waals surface area contributed by atoms with Crippen LogP contribution < -0.4 is 0 Å². The van der Waals surface area contributed by atoms with Gasteiger partial charge in [0.15, 0.2) is 5.78 Å². The van der Waals surface area contributed by atoms with Crippen LogP contribution in [0, 0.1) is 5.41 Å². The highest BCUT2D eigenvalue weighted by Gasteiger charge is 2.48. The lowest BCUT2D eigenvalue weighted by Gasteiger charge is -2.38. The second-order valence-electron chi connectivity index (χ2n) is 5.81. The predicted molar refractivity (Wildman–Crippen MR) is 75.6 cm³/mol. The third-order valence-electron chi connectivity index (χ3n) is 4.72. The van der Waals surface area contributed by atoms with Gasteiger partial charge < -0.3 is 5.11 Å². The number of carbonyl (C=O) groups excluding carboxylic acids is 1. The molecule has 3 rings (SSSR count). The van der Waals surface area contributed by atoms with Gasteiger partial charge in [0.05, 0.1) is 0 Å². The van der Waals surface area contributed by atoms with Crippen LogP contribution in [-0.2, 0) is 4.79 Å². The summed E-state index contributed by atoms with van der Waals surface area (Å²) >= 11 is 0. The average Bonchev–Trinajstić information content (AvgIpc) is 2.81. The van der Waals surface area contributed by atoms with E-state index in [1.807, 2.05) is 18.2 Å². The highest BCUT2D eigenvalue weighted by atomic mass is 16.3. The van der Waals surface area contributed by atoms with Gasteiger partial charge in [0.1, 0.15) is 6.10 Å². The largest absolute Gasteiger partial charge is 0.384 e. The molecule has 2 nitrogen and oxygen atoms in total. The topological polar surface area (TPSA) is 37.3 Å². The van der Waals surface area contributed by atoms with E-state index in [0.717, 1.165) is 32.1 Å². The van der Waals surface area contributed by atoms with Crippen LogP contribution in [0.4, 0.5) is 0 Å². The molecule has 0 aliphatic heterocycles. The molecule has 100 valence electrons. The number of hydrogen-bond donors (Lipinski definition) is 1. The van der Waals surface area contributed by atoms with Crippen molar-refractivity contribution in [3.05, 3.63) is 41.5 Å². The summed E-state index contributed by atoms with van der Waals surface area (Å²) in [5.41, 5.74) is 2.19. The molecule has 2 fully saturated rings. The summed E-state index contributed by atoms with van der Waals surface area (Å²) < 4.78 is 0. The molecule has 0 bridgehead atoms. The second-order valence-corrected chi connectivity index (χ2v) is 5.81. The van der Waals surface area contributed by atoms with Gasteiger partial charge in [0, 0.05) is 11.8 Å². The van der Waals surface area contributed by atoms with Gasteiger partial charge in [0.25, 0.3) is 0 Å². The van der Waals surface area contributed by atoms with Crippen molar-refractivity contribution in [3.8, 4) is 0 Å². The van der Waals surface area contributed by atoms with E-state index in [-0.39, 0.29) is 11.2 Å². The SMILES string of the molecule is O=C1CCC[C@@]2(CCC/C2=C\c2ccccc2)[C@H]1O. The Balaban J connectivity index is 1.97. The first-order valence-electron chi connectivity index (χ1n) is 7.19. The molecule has 2 saturated carbocycles. The van der Waals surface area contributed by atoms with Crippen molar-refractivity contribution in [1.29, 1.82) is 0 Å². The number of aliphatic hydroxyl groups excluding tert-OH is 1. The molecule has 2 aliphatic carbocycles. The van der Waals surface area contributed by atoms with Crippen molar-refractivity contribution in [3.63, 3.8) is 0 Å². The van der Waals surface area contributed by atoms with E-state index in [4.69, 9.17) is 0 Å². The average molecular weight is 256 g/mol. The standard InChI is InChI=1S/C17H20O2/c18-15-9-5-11-17(16(15)19)10-4-8-14(17)12-13-6-2-1-3-7-13/h1-3,6-7,12,16,19H,4-5,8-11H2/b14-12+/t16-,17+/m0/s1. The zero-order chi connectivity index (χ0) is 13.3. The van der Waals surface area contributed by atoms with Crippen LogP contribution in [-0.4, -0.2) is 17.0 Å². The number of carbonyl (C=O) groups is 1. The van der Waals surface area contributed by atoms with Gasteiger partial charge in [-0.3, -0.25) is 4.79 Å². The smallest absolute Gasteiger partial charge is 0.162 e. The zero-order valence-corrected chi connectivity index (χ0v) is 11.1. The molecule has 1 N–H and O–H groups in total. The van der Waals surface area contributed by atoms with Crippen molar-refractivity contribution in [2.45, 2.75) is 44.6 Å². The number of aliphatic hydroxyl groups is 1. The summed E-state index contributed by atoms with van der Waals surface area (Å²) in [6, 6.07) is 10.2. The maximum absolute atomic E-state index is 11.9. The molecule has 2 aliphatic rings. The summed E-state index contributed by atoms with van der Waals surface area (Å²) in [5.74, 6) is 0.0344. The van der Waals surface area contributed by atoms with Crippen molar-refractivity contribution in [1.82, 2.24) is 0 Å². The van der Waals surface area contributed by atoms with Gasteiger partial charge in [-0.15, -0.1) is 0 Å². The van der Waals surface area contributed by atoms with Gasteiger partial charge in [-0.05, 0) is 37.7 Å². The number of hydrogen-bond acceptors (Lipinski definition) is 2. The molecule has 1 spiro atoms. The van der Waals surface area contributed by atoms with Gasteiger partial charge in [-0.2, -0.15) is 0 Å². The molecule has 2 atom stereocenters. The summed E-state index contributed by atoms with van der Waals surface area (Å²) in [5, 5.41) is 10.4. The minimum atomic E-state index is -0.779. The van der Waals surface area contributed by atoms with Crippen LogP contribution in [0.25, 0.3) is 6.08 Å². The van der Waals surface area contributed by atoms with E-state index in [1.54, 1.807) is 0 Å². The number of benzene rings is 1. The summed E-state index contributed by atoms with van der Waals surface area (Å²) in [7, 11) is 0. The Bertz CT molecular complexity index is 503. The Morgan fingerprint density at radius 2 is 1.79 bits per heavy atom. The Labute approximate surface area is 114 Å². The third kappa shape index (κ3) is 2.14. The van der Waals surface area contributed by atoms with Crippen molar-refractivity contribution >= 4 is 11.9 Å². The molecular formula is C17H20O2. The number of rotatable bonds is 1. The first-order valence-corrected chi connectivity index (χ1v) is 7.19. The van der Waals surface area contributed by atoms with E-state index in [0.29, 0.717) is 6.42 Å². The highest BCUT2D eigenvalue weighted by molar-refractivity contribution is 5.85. The van der Waals surface area contributed by atoms with E-state index in [1.165, 1.54) is 11.1 Å². The van der Waals surface area contributed by atoms with Crippen LogP contribution >= 0.6 is 0 Å². The highest BCUT2D eigenvalue weighted by Crippen LogP contribution is 2.52. The molecule has 0 aromatic heterocycles. The molecule has 0 radical (unpaired) electrons. The van der Waals surface area contributed by atoms with E-state index >= 15 is 0 Å². The first-order chi connectivity index (χ1) is 9.22. The quantitative estimate of drug-likeness (QED) is 0.836. The molecule has 0 unspecified atom stereocenters. The van der Waals surface area contributed by atoms with Crippen LogP contribution in [0.1, 0.15) is 44.1 Å². The molecule has 0 saturated heterocycles. The molecule has 0 amide bonds. The van der Waals surface area contributed by atoms with E-state index in [2.05, 4.69) is 18.2 Å². The van der Waals surface area contributed by atoms with E-state index in [9.17, 15) is 9.90 Å². The molecule has 0 heterocycles. The first kappa shape index (κ1) is 12.6. The van der Waals surface area contributed by atoms with Crippen LogP contribution in [0.15, 0.2) is 35.9 Å². The van der Waals surface area contributed by atoms with Gasteiger partial charge >= 0.3 is 0 Å². The Kier molecular flexibility index (Phi) is 3.28. The van der Waals surface area contributed by atoms with Crippen LogP contribution in [0.2, 0.25) is 0 Å². The Hall–Kier alpha value is -1.41. The zero-order valence-electron chi connectivity index (χ0n) is 11.1. The summed E-state index contributed by atoms with van der Waals surface area (Å²) in [6.45, 7) is 0. The second kappa shape index (κ2) is 4.93. The molecule has 1 aromatic carbocycles. The monoisotopic (exact) mass is 256 g/mol. The van der Waals surface area contributed by atoms with Crippen LogP contribution in [0.3, 0.4) is 0 Å². The maximum atomic E-state index is 11.9. The molecule has 1 aromatic rings. The van der Waals surface area contributed by atoms with Crippen molar-refractivity contribution < 1.29 is 9.90 Å². The summed E-state index contributed by atoms with van der Waals surface area (Å²) in [4.78, 5) is 11.9. The number of ketones is 1. The van der Waals surface area contributed by atoms with Crippen LogP contribution in [0.5, 0.6) is 0 Å². The Morgan fingerprint density at radius 1 is 1.11 bits per heavy atom. The molecular weight excluding hydrogens is 236 g/mol. The predicted octanol–water partition coefficient (Wildman–Crippen LogP) is 3.35. The van der Waals surface area contributed by atoms with Crippen molar-refractivity contribution in [2.75, 3.05) is 0 Å². The van der Waals surface area contributed by atoms with Gasteiger partial charge in [-0.1, -0.05) is 42.0 Å². The maximum Gasteiger partial charge on any atom is 0.162 e. The summed E-state index contributed by atoms with van der Waals surface area (Å²) in [6.07, 6.45) is 6.89. The lowest BCUT2D eigenvalue weighted by atomic mass is 9.67. The molecule has 2 heteroatoms. The number of Topliss-reactive ketones (excluding diaryl/α,β-unsaturated/α-hetero) is 1. The Morgan fingerprint density at radius 3 is 2.53 bits per heavy atom.